The molecule has 6 nitrogen and oxygen atoms in total. The molecule has 0 bridgehead atoms. The number of hydrogen-bond acceptors (Lipinski definition) is 6. The van der Waals surface area contributed by atoms with E-state index in [1.54, 1.807) is 0 Å². The van der Waals surface area contributed by atoms with Crippen LogP contribution in [0, 0.1) is 0 Å². The van der Waals surface area contributed by atoms with E-state index >= 15 is 0 Å². The van der Waals surface area contributed by atoms with E-state index in [1.165, 1.54) is 173 Å². The van der Waals surface area contributed by atoms with Crippen molar-refractivity contribution in [2.24, 2.45) is 0 Å². The van der Waals surface area contributed by atoms with E-state index in [0.717, 1.165) is 70.6 Å². The second-order valence-corrected chi connectivity index (χ2v) is 19.2. The highest BCUT2D eigenvalue weighted by Crippen LogP contribution is 2.16. The van der Waals surface area contributed by atoms with Crippen LogP contribution in [0.25, 0.3) is 0 Å². The molecule has 0 unspecified atom stereocenters. The van der Waals surface area contributed by atoms with Gasteiger partial charge in [-0.05, 0) is 83.5 Å². The van der Waals surface area contributed by atoms with Gasteiger partial charge in [-0.15, -0.1) is 0 Å². The zero-order chi connectivity index (χ0) is 48.6. The van der Waals surface area contributed by atoms with Crippen LogP contribution in [-0.2, 0) is 28.6 Å². The zero-order valence-corrected chi connectivity index (χ0v) is 44.4. The molecular formula is C61H108O6. The summed E-state index contributed by atoms with van der Waals surface area (Å²) in [5, 5.41) is 0. The van der Waals surface area contributed by atoms with Gasteiger partial charge in [-0.1, -0.05) is 248 Å². The van der Waals surface area contributed by atoms with Crippen LogP contribution < -0.4 is 0 Å². The van der Waals surface area contributed by atoms with Crippen molar-refractivity contribution in [3.8, 4) is 0 Å². The normalized spacial score (nSPS) is 12.5. The van der Waals surface area contributed by atoms with Gasteiger partial charge in [0.1, 0.15) is 13.2 Å². The molecule has 0 rings (SSSR count). The second-order valence-electron chi connectivity index (χ2n) is 19.2. The highest BCUT2D eigenvalue weighted by Gasteiger charge is 2.19. The van der Waals surface area contributed by atoms with Crippen LogP contribution in [-0.4, -0.2) is 37.2 Å². The summed E-state index contributed by atoms with van der Waals surface area (Å²) in [6.07, 6.45) is 69.2. The van der Waals surface area contributed by atoms with Gasteiger partial charge in [-0.25, -0.2) is 0 Å². The Morgan fingerprint density at radius 1 is 0.299 bits per heavy atom. The van der Waals surface area contributed by atoms with Crippen LogP contribution in [0.2, 0.25) is 0 Å². The third-order valence-electron chi connectivity index (χ3n) is 12.5. The number of rotatable bonds is 52. The quantitative estimate of drug-likeness (QED) is 0.0262. The first-order chi connectivity index (χ1) is 33.0. The minimum atomic E-state index is -0.797. The Morgan fingerprint density at radius 3 is 0.925 bits per heavy atom. The number of allylic oxidation sites excluding steroid dienone is 10. The molecule has 388 valence electrons. The topological polar surface area (TPSA) is 78.9 Å². The molecule has 0 radical (unpaired) electrons. The average Bonchev–Trinajstić information content (AvgIpc) is 3.33. The maximum absolute atomic E-state index is 12.8. The Morgan fingerprint density at radius 2 is 0.552 bits per heavy atom. The van der Waals surface area contributed by atoms with E-state index in [4.69, 9.17) is 14.2 Å². The van der Waals surface area contributed by atoms with Crippen molar-refractivity contribution in [2.45, 2.75) is 297 Å². The SMILES string of the molecule is CCCCC/C=C\C/C=C\CCCCCCCCCC(=O)O[C@H](COC(=O)CCC/C=C\C/C=C\C/C=C\CCCCCCCC)COC(=O)CCCCCCCCCCCCCCCCC. The van der Waals surface area contributed by atoms with Crippen LogP contribution >= 0.6 is 0 Å². The second kappa shape index (κ2) is 55.7. The number of unbranched alkanes of at least 4 members (excludes halogenated alkanes) is 31. The summed E-state index contributed by atoms with van der Waals surface area (Å²) in [6, 6.07) is 0. The van der Waals surface area contributed by atoms with Crippen LogP contribution in [0.3, 0.4) is 0 Å². The van der Waals surface area contributed by atoms with Crippen LogP contribution in [0.1, 0.15) is 290 Å². The lowest BCUT2D eigenvalue weighted by atomic mass is 10.0. The lowest BCUT2D eigenvalue weighted by molar-refractivity contribution is -0.167. The summed E-state index contributed by atoms with van der Waals surface area (Å²) < 4.78 is 16.8. The third-order valence-corrected chi connectivity index (χ3v) is 12.5. The molecular weight excluding hydrogens is 829 g/mol. The van der Waals surface area contributed by atoms with Crippen molar-refractivity contribution in [1.29, 1.82) is 0 Å². The highest BCUT2D eigenvalue weighted by atomic mass is 16.6. The van der Waals surface area contributed by atoms with Gasteiger partial charge in [0, 0.05) is 19.3 Å². The minimum absolute atomic E-state index is 0.0906. The van der Waals surface area contributed by atoms with Crippen molar-refractivity contribution in [3.63, 3.8) is 0 Å². The monoisotopic (exact) mass is 937 g/mol. The third kappa shape index (κ3) is 53.9. The molecule has 0 N–H and O–H groups in total. The molecule has 1 atom stereocenters. The summed E-state index contributed by atoms with van der Waals surface area (Å²) in [6.45, 7) is 6.59. The Hall–Kier alpha value is -2.89. The Kier molecular flexibility index (Phi) is 53.3. The van der Waals surface area contributed by atoms with Crippen LogP contribution in [0.4, 0.5) is 0 Å². The highest BCUT2D eigenvalue weighted by molar-refractivity contribution is 5.71. The first kappa shape index (κ1) is 64.1. The van der Waals surface area contributed by atoms with Gasteiger partial charge in [-0.3, -0.25) is 14.4 Å². The first-order valence-electron chi connectivity index (χ1n) is 28.8. The Balaban J connectivity index is 4.45. The fourth-order valence-electron chi connectivity index (χ4n) is 8.14. The fourth-order valence-corrected chi connectivity index (χ4v) is 8.14. The first-order valence-corrected chi connectivity index (χ1v) is 28.8. The lowest BCUT2D eigenvalue weighted by Crippen LogP contribution is -2.30. The van der Waals surface area contributed by atoms with E-state index < -0.39 is 6.10 Å². The van der Waals surface area contributed by atoms with Crippen molar-refractivity contribution < 1.29 is 28.6 Å². The van der Waals surface area contributed by atoms with Gasteiger partial charge in [0.05, 0.1) is 0 Å². The molecule has 0 aliphatic carbocycles. The average molecular weight is 938 g/mol. The number of ether oxygens (including phenoxy) is 3. The number of carbonyl (C=O) groups is 3. The van der Waals surface area contributed by atoms with E-state index in [9.17, 15) is 14.4 Å². The van der Waals surface area contributed by atoms with Gasteiger partial charge in [0.25, 0.3) is 0 Å². The molecule has 0 amide bonds. The molecule has 0 saturated heterocycles. The van der Waals surface area contributed by atoms with Gasteiger partial charge in [-0.2, -0.15) is 0 Å². The predicted octanol–water partition coefficient (Wildman–Crippen LogP) is 19.2. The van der Waals surface area contributed by atoms with Crippen molar-refractivity contribution in [3.05, 3.63) is 60.8 Å². The molecule has 0 fully saturated rings. The zero-order valence-electron chi connectivity index (χ0n) is 44.4. The number of carbonyl (C=O) groups excluding carboxylic acids is 3. The molecule has 0 saturated carbocycles. The summed E-state index contributed by atoms with van der Waals surface area (Å²) in [5.74, 6) is -0.942. The fraction of sp³-hybridized carbons (Fsp3) is 0.787. The van der Waals surface area contributed by atoms with Crippen molar-refractivity contribution in [2.75, 3.05) is 13.2 Å². The molecule has 0 aromatic heterocycles. The number of hydrogen-bond donors (Lipinski definition) is 0. The van der Waals surface area contributed by atoms with Crippen LogP contribution in [0.15, 0.2) is 60.8 Å². The molecule has 0 heterocycles. The summed E-state index contributed by atoms with van der Waals surface area (Å²) in [4.78, 5) is 38.1. The Labute approximate surface area is 415 Å². The molecule has 6 heteroatoms. The molecule has 0 aliphatic heterocycles. The maximum Gasteiger partial charge on any atom is 0.306 e. The van der Waals surface area contributed by atoms with Gasteiger partial charge < -0.3 is 14.2 Å². The van der Waals surface area contributed by atoms with E-state index in [2.05, 4.69) is 81.5 Å². The van der Waals surface area contributed by atoms with E-state index in [-0.39, 0.29) is 37.5 Å². The molecule has 67 heavy (non-hydrogen) atoms. The molecule has 0 aromatic carbocycles. The van der Waals surface area contributed by atoms with E-state index in [1.807, 2.05) is 0 Å². The van der Waals surface area contributed by atoms with Gasteiger partial charge in [0.15, 0.2) is 6.10 Å². The lowest BCUT2D eigenvalue weighted by Gasteiger charge is -2.18. The molecule has 0 spiro atoms. The summed E-state index contributed by atoms with van der Waals surface area (Å²) >= 11 is 0. The number of esters is 3. The summed E-state index contributed by atoms with van der Waals surface area (Å²) in [5.41, 5.74) is 0. The minimum Gasteiger partial charge on any atom is -0.462 e. The largest absolute Gasteiger partial charge is 0.462 e. The molecule has 0 aliphatic rings. The predicted molar refractivity (Wildman–Crippen MR) is 288 cm³/mol. The van der Waals surface area contributed by atoms with E-state index in [0.29, 0.717) is 19.3 Å². The van der Waals surface area contributed by atoms with Crippen molar-refractivity contribution in [1.82, 2.24) is 0 Å². The Bertz CT molecular complexity index is 1210. The van der Waals surface area contributed by atoms with Gasteiger partial charge >= 0.3 is 17.9 Å². The summed E-state index contributed by atoms with van der Waals surface area (Å²) in [7, 11) is 0. The van der Waals surface area contributed by atoms with Gasteiger partial charge in [0.2, 0.25) is 0 Å². The van der Waals surface area contributed by atoms with Crippen molar-refractivity contribution >= 4 is 17.9 Å². The van der Waals surface area contributed by atoms with Crippen LogP contribution in [0.5, 0.6) is 0 Å². The molecule has 0 aromatic rings. The smallest absolute Gasteiger partial charge is 0.306 e. The maximum atomic E-state index is 12.8. The standard InChI is InChI=1S/C61H108O6/c1-4-7-10-13-16-19-22-25-28-30-33-36-39-42-45-48-51-54-60(63)66-57-58(56-65-59(62)53-50-47-44-41-38-35-32-27-24-21-18-15-12-9-6-3)67-61(64)55-52-49-46-43-40-37-34-31-29-26-23-20-17-14-11-8-5-2/h17,20,25-26,28-29,33,36,42,45,58H,4-16,18-19,21-24,27,30-32,34-35,37-41,43-44,46-57H2,1-3H3/b20-17-,28-25-,29-26-,36-33-,45-42-/t58-/m0/s1.